The molecule has 8 heteroatoms. The molecule has 2 aliphatic carbocycles. The molecular weight excluding hydrogens is 833 g/mol. The lowest BCUT2D eigenvalue weighted by molar-refractivity contribution is 0.0975. The highest BCUT2D eigenvalue weighted by Gasteiger charge is 2.42. The number of benzene rings is 7. The fourth-order valence-corrected chi connectivity index (χ4v) is 12.3. The fourth-order valence-electron chi connectivity index (χ4n) is 10.2. The van der Waals surface area contributed by atoms with Gasteiger partial charge in [-0.2, -0.15) is 0 Å². The molecule has 0 amide bonds. The Morgan fingerprint density at radius 3 is 1.02 bits per heavy atom. The number of ether oxygens (including phenoxy) is 2. The molecule has 0 spiro atoms. The highest BCUT2D eigenvalue weighted by atomic mass is 32.1. The topological polar surface area (TPSA) is 86.7 Å². The Kier molecular flexibility index (Phi) is 7.40. The van der Waals surface area contributed by atoms with E-state index in [-0.39, 0.29) is 34.3 Å². The molecule has 0 saturated heterocycles. The van der Waals surface area contributed by atoms with Crippen LogP contribution in [0, 0.1) is 0 Å². The van der Waals surface area contributed by atoms with Gasteiger partial charge in [0.15, 0.2) is 23.1 Å². The predicted molar refractivity (Wildman–Crippen MR) is 257 cm³/mol. The summed E-state index contributed by atoms with van der Waals surface area (Å²) in [6, 6.07) is 40.0. The van der Waals surface area contributed by atoms with Crippen molar-refractivity contribution in [3.8, 4) is 32.4 Å². The first-order chi connectivity index (χ1) is 30.8. The molecule has 0 unspecified atom stereocenters. The zero-order chi connectivity index (χ0) is 43.6. The molecule has 0 radical (unpaired) electrons. The van der Waals surface area contributed by atoms with Gasteiger partial charge in [0.2, 0.25) is 0 Å². The number of thiophene rings is 2. The third kappa shape index (κ3) is 5.30. The van der Waals surface area contributed by atoms with E-state index in [1.807, 2.05) is 113 Å². The first kappa shape index (κ1) is 37.3. The second-order valence-corrected chi connectivity index (χ2v) is 20.3. The number of allylic oxidation sites excluding steroid dienone is 2. The van der Waals surface area contributed by atoms with Crippen molar-refractivity contribution in [2.75, 3.05) is 0 Å². The Morgan fingerprint density at radius 2 is 0.703 bits per heavy atom. The van der Waals surface area contributed by atoms with Crippen LogP contribution in [-0.2, 0) is 11.2 Å². The highest BCUT2D eigenvalue weighted by Crippen LogP contribution is 2.56. The second kappa shape index (κ2) is 12.7. The molecular formula is C56H34O6S2. The van der Waals surface area contributed by atoms with Crippen LogP contribution < -0.4 is 9.47 Å². The SMILES string of the molecule is CC1(C)Oc2cc(C=C3C(=O)c4cc5cc6ccccc6cc5cc4C3=O)sc2-c2cc3c(cc21)-c1sc(C=C2C(=O)c4cc5cc6ccccc6cc5cc4C2=O)cc1OC3(C)C. The smallest absolute Gasteiger partial charge is 0.197 e. The van der Waals surface area contributed by atoms with Gasteiger partial charge in [-0.1, -0.05) is 48.5 Å². The largest absolute Gasteiger partial charge is 0.482 e. The van der Waals surface area contributed by atoms with Crippen LogP contribution in [0.5, 0.6) is 11.5 Å². The van der Waals surface area contributed by atoms with E-state index in [1.165, 1.54) is 22.7 Å². The molecule has 4 aliphatic rings. The number of ketones is 4. The Labute approximate surface area is 374 Å². The van der Waals surface area contributed by atoms with Crippen molar-refractivity contribution < 1.29 is 28.7 Å². The molecule has 7 aromatic carbocycles. The summed E-state index contributed by atoms with van der Waals surface area (Å²) in [5.74, 6) is 0.293. The monoisotopic (exact) mass is 866 g/mol. The second-order valence-electron chi connectivity index (χ2n) is 18.2. The van der Waals surface area contributed by atoms with E-state index in [0.29, 0.717) is 33.8 Å². The first-order valence-corrected chi connectivity index (χ1v) is 22.8. The van der Waals surface area contributed by atoms with Crippen molar-refractivity contribution in [1.82, 2.24) is 0 Å². The van der Waals surface area contributed by atoms with Crippen LogP contribution in [0.1, 0.15) is 90.0 Å². The molecule has 306 valence electrons. The van der Waals surface area contributed by atoms with Crippen molar-refractivity contribution in [3.05, 3.63) is 176 Å². The number of Topliss-reactive ketones (excluding diaryl/α,β-unsaturated/α-hetero) is 4. The minimum Gasteiger partial charge on any atom is -0.482 e. The molecule has 0 fully saturated rings. The van der Waals surface area contributed by atoms with Crippen LogP contribution in [0.3, 0.4) is 0 Å². The van der Waals surface area contributed by atoms with Crippen LogP contribution in [0.25, 0.3) is 76.1 Å². The summed E-state index contributed by atoms with van der Waals surface area (Å²) in [5, 5.41) is 7.99. The van der Waals surface area contributed by atoms with E-state index >= 15 is 0 Å². The molecule has 0 atom stereocenters. The zero-order valence-corrected chi connectivity index (χ0v) is 36.6. The van der Waals surface area contributed by atoms with Gasteiger partial charge in [0.1, 0.15) is 22.7 Å². The maximum absolute atomic E-state index is 13.9. The third-order valence-corrected chi connectivity index (χ3v) is 15.5. The maximum atomic E-state index is 13.9. The summed E-state index contributed by atoms with van der Waals surface area (Å²) in [6.07, 6.45) is 3.43. The predicted octanol–water partition coefficient (Wildman–Crippen LogP) is 13.9. The standard InChI is InChI=1S/C56H34O6S2/c1-55(2)45-25-42-46(26-41(45)53-47(61-55)23-35(63-53)21-43-49(57)37-17-31-13-27-9-5-6-10-28(27)14-32(31)18-38(37)50(43)58)56(3,4)62-48-24-36(64-54(42)48)22-44-51(59)39-19-33-15-29-11-7-8-12-30(29)16-34(33)20-40(39)52(44)60/h5-26H,1-4H3. The van der Waals surface area contributed by atoms with Gasteiger partial charge < -0.3 is 9.47 Å². The van der Waals surface area contributed by atoms with E-state index in [2.05, 4.69) is 36.4 Å². The average Bonchev–Trinajstić information content (AvgIpc) is 3.99. The van der Waals surface area contributed by atoms with Crippen molar-refractivity contribution in [1.29, 1.82) is 0 Å². The molecule has 6 nitrogen and oxygen atoms in total. The van der Waals surface area contributed by atoms with E-state index in [4.69, 9.17) is 9.47 Å². The summed E-state index contributed by atoms with van der Waals surface area (Å²) in [5.41, 5.74) is 4.56. The highest BCUT2D eigenvalue weighted by molar-refractivity contribution is 7.17. The van der Waals surface area contributed by atoms with Crippen LogP contribution in [0.2, 0.25) is 0 Å². The van der Waals surface area contributed by atoms with Gasteiger partial charge in [-0.25, -0.2) is 0 Å². The van der Waals surface area contributed by atoms with Crippen LogP contribution in [-0.4, -0.2) is 23.1 Å². The minimum atomic E-state index is -0.726. The van der Waals surface area contributed by atoms with Crippen LogP contribution >= 0.6 is 22.7 Å². The summed E-state index contributed by atoms with van der Waals surface area (Å²) >= 11 is 2.98. The lowest BCUT2D eigenvalue weighted by Crippen LogP contribution is -2.32. The van der Waals surface area contributed by atoms with Crippen LogP contribution in [0.15, 0.2) is 132 Å². The molecule has 0 bridgehead atoms. The van der Waals surface area contributed by atoms with Gasteiger partial charge in [-0.15, -0.1) is 22.7 Å². The number of carbonyl (C=O) groups is 4. The molecule has 0 N–H and O–H groups in total. The van der Waals surface area contributed by atoms with E-state index < -0.39 is 11.2 Å². The summed E-state index contributed by atoms with van der Waals surface area (Å²) in [4.78, 5) is 58.9. The molecule has 4 heterocycles. The summed E-state index contributed by atoms with van der Waals surface area (Å²) in [6.45, 7) is 8.18. The number of hydrogen-bond donors (Lipinski definition) is 0. The summed E-state index contributed by atoms with van der Waals surface area (Å²) in [7, 11) is 0. The average molecular weight is 867 g/mol. The van der Waals surface area contributed by atoms with Gasteiger partial charge in [0.25, 0.3) is 0 Å². The fraction of sp³-hybridized carbons (Fsp3) is 0.107. The third-order valence-electron chi connectivity index (χ3n) is 13.3. The van der Waals surface area contributed by atoms with E-state index in [1.54, 1.807) is 12.2 Å². The summed E-state index contributed by atoms with van der Waals surface area (Å²) < 4.78 is 13.5. The Hall–Kier alpha value is -7.26. The number of fused-ring (bicyclic) bond motifs is 12. The number of carbonyl (C=O) groups excluding carboxylic acids is 4. The molecule has 2 aromatic heterocycles. The quantitative estimate of drug-likeness (QED) is 0.0977. The van der Waals surface area contributed by atoms with Gasteiger partial charge in [0.05, 0.1) is 20.9 Å². The normalized spacial score (nSPS) is 16.4. The van der Waals surface area contributed by atoms with E-state index in [0.717, 1.165) is 84.9 Å². The van der Waals surface area contributed by atoms with Crippen LogP contribution in [0.4, 0.5) is 0 Å². The maximum Gasteiger partial charge on any atom is 0.197 e. The Morgan fingerprint density at radius 1 is 0.391 bits per heavy atom. The van der Waals surface area contributed by atoms with E-state index in [9.17, 15) is 19.2 Å². The lowest BCUT2D eigenvalue weighted by atomic mass is 9.81. The van der Waals surface area contributed by atoms with Gasteiger partial charge in [-0.3, -0.25) is 19.2 Å². The molecule has 0 saturated carbocycles. The minimum absolute atomic E-state index is 0.149. The van der Waals surface area contributed by atoms with Gasteiger partial charge in [-0.05, 0) is 156 Å². The zero-order valence-electron chi connectivity index (χ0n) is 35.0. The Bertz CT molecular complexity index is 3410. The molecule has 2 aliphatic heterocycles. The number of hydrogen-bond acceptors (Lipinski definition) is 8. The van der Waals surface area contributed by atoms with Gasteiger partial charge >= 0.3 is 0 Å². The number of rotatable bonds is 2. The van der Waals surface area contributed by atoms with Crippen molar-refractivity contribution in [3.63, 3.8) is 0 Å². The van der Waals surface area contributed by atoms with Crippen molar-refractivity contribution >= 4 is 101 Å². The first-order valence-electron chi connectivity index (χ1n) is 21.2. The Balaban J connectivity index is 0.858. The van der Waals surface area contributed by atoms with Crippen molar-refractivity contribution in [2.24, 2.45) is 0 Å². The molecule has 9 aromatic rings. The molecule has 13 rings (SSSR count). The van der Waals surface area contributed by atoms with Crippen molar-refractivity contribution in [2.45, 2.75) is 38.9 Å². The lowest BCUT2D eigenvalue weighted by Gasteiger charge is -2.38. The molecule has 64 heavy (non-hydrogen) atoms. The van der Waals surface area contributed by atoms with Gasteiger partial charge in [0, 0.05) is 54.3 Å².